The highest BCUT2D eigenvalue weighted by Crippen LogP contribution is 2.19. The molecule has 0 saturated heterocycles. The fraction of sp³-hybridized carbons (Fsp3) is 0.533. The molecule has 0 bridgehead atoms. The van der Waals surface area contributed by atoms with Crippen molar-refractivity contribution in [1.29, 1.82) is 0 Å². The van der Waals surface area contributed by atoms with Gasteiger partial charge in [-0.2, -0.15) is 0 Å². The lowest BCUT2D eigenvalue weighted by Gasteiger charge is -2.26. The normalized spacial score (nSPS) is 23.0. The largest absolute Gasteiger partial charge is 0.368 e. The van der Waals surface area contributed by atoms with Crippen LogP contribution in [0.4, 0.5) is 0 Å². The zero-order chi connectivity index (χ0) is 13.5. The summed E-state index contributed by atoms with van der Waals surface area (Å²) in [5.41, 5.74) is 6.98. The minimum atomic E-state index is -0.0667. The maximum Gasteiger partial charge on any atom is 0.246 e. The van der Waals surface area contributed by atoms with E-state index in [1.807, 2.05) is 30.3 Å². The fourth-order valence-corrected chi connectivity index (χ4v) is 2.37. The predicted molar refractivity (Wildman–Crippen MR) is 74.5 cm³/mol. The van der Waals surface area contributed by atoms with E-state index in [9.17, 15) is 4.79 Å². The van der Waals surface area contributed by atoms with Crippen LogP contribution in [0.3, 0.4) is 0 Å². The SMILES string of the molecule is NC1CCCC(OCC(=O)NCc2ccccc2)C1. The maximum absolute atomic E-state index is 11.7. The molecule has 1 fully saturated rings. The Morgan fingerprint density at radius 2 is 2.11 bits per heavy atom. The Bertz CT molecular complexity index is 394. The van der Waals surface area contributed by atoms with Crippen molar-refractivity contribution in [2.45, 2.75) is 44.4 Å². The molecular formula is C15H22N2O2. The van der Waals surface area contributed by atoms with E-state index in [0.29, 0.717) is 6.54 Å². The lowest BCUT2D eigenvalue weighted by molar-refractivity contribution is -0.128. The molecule has 0 heterocycles. The van der Waals surface area contributed by atoms with Gasteiger partial charge in [-0.25, -0.2) is 0 Å². The van der Waals surface area contributed by atoms with E-state index in [1.54, 1.807) is 0 Å². The third kappa shape index (κ3) is 5.01. The molecule has 2 rings (SSSR count). The topological polar surface area (TPSA) is 64.3 Å². The second-order valence-corrected chi connectivity index (χ2v) is 5.12. The second-order valence-electron chi connectivity index (χ2n) is 5.12. The first-order chi connectivity index (χ1) is 9.24. The van der Waals surface area contributed by atoms with E-state index < -0.39 is 0 Å². The van der Waals surface area contributed by atoms with Gasteiger partial charge in [0.15, 0.2) is 0 Å². The zero-order valence-electron chi connectivity index (χ0n) is 11.2. The van der Waals surface area contributed by atoms with E-state index in [4.69, 9.17) is 10.5 Å². The minimum absolute atomic E-state index is 0.0667. The smallest absolute Gasteiger partial charge is 0.246 e. The number of benzene rings is 1. The molecule has 4 heteroatoms. The van der Waals surface area contributed by atoms with Crippen molar-refractivity contribution in [3.8, 4) is 0 Å². The van der Waals surface area contributed by atoms with Crippen molar-refractivity contribution in [1.82, 2.24) is 5.32 Å². The number of ether oxygens (including phenoxy) is 1. The molecule has 19 heavy (non-hydrogen) atoms. The van der Waals surface area contributed by atoms with E-state index in [-0.39, 0.29) is 24.7 Å². The molecule has 1 aromatic rings. The van der Waals surface area contributed by atoms with Gasteiger partial charge in [-0.1, -0.05) is 30.3 Å². The molecule has 104 valence electrons. The highest BCUT2D eigenvalue weighted by atomic mass is 16.5. The molecule has 1 aliphatic rings. The molecule has 1 aromatic carbocycles. The molecule has 0 radical (unpaired) electrons. The number of carbonyl (C=O) groups excluding carboxylic acids is 1. The molecule has 1 saturated carbocycles. The Labute approximate surface area is 114 Å². The van der Waals surface area contributed by atoms with Gasteiger partial charge in [-0.05, 0) is 31.2 Å². The average Bonchev–Trinajstić information content (AvgIpc) is 2.44. The van der Waals surface area contributed by atoms with Crippen LogP contribution >= 0.6 is 0 Å². The van der Waals surface area contributed by atoms with Gasteiger partial charge in [0.1, 0.15) is 6.61 Å². The summed E-state index contributed by atoms with van der Waals surface area (Å²) < 4.78 is 5.61. The van der Waals surface area contributed by atoms with Crippen LogP contribution in [0.25, 0.3) is 0 Å². The third-order valence-corrected chi connectivity index (χ3v) is 3.45. The first-order valence-corrected chi connectivity index (χ1v) is 6.92. The van der Waals surface area contributed by atoms with Gasteiger partial charge in [0.2, 0.25) is 5.91 Å². The van der Waals surface area contributed by atoms with Crippen molar-refractivity contribution in [2.24, 2.45) is 5.73 Å². The Morgan fingerprint density at radius 1 is 1.32 bits per heavy atom. The second kappa shape index (κ2) is 7.26. The fourth-order valence-electron chi connectivity index (χ4n) is 2.37. The third-order valence-electron chi connectivity index (χ3n) is 3.45. The number of hydrogen-bond acceptors (Lipinski definition) is 3. The highest BCUT2D eigenvalue weighted by Gasteiger charge is 2.20. The predicted octanol–water partition coefficient (Wildman–Crippen LogP) is 1.59. The highest BCUT2D eigenvalue weighted by molar-refractivity contribution is 5.77. The number of nitrogens with one attached hydrogen (secondary N) is 1. The summed E-state index contributed by atoms with van der Waals surface area (Å²) in [6.45, 7) is 0.678. The average molecular weight is 262 g/mol. The van der Waals surface area contributed by atoms with E-state index in [2.05, 4.69) is 5.32 Å². The van der Waals surface area contributed by atoms with Crippen molar-refractivity contribution in [2.75, 3.05) is 6.61 Å². The Morgan fingerprint density at radius 3 is 2.84 bits per heavy atom. The molecule has 1 amide bonds. The lowest BCUT2D eigenvalue weighted by Crippen LogP contribution is -2.35. The van der Waals surface area contributed by atoms with Crippen LogP contribution < -0.4 is 11.1 Å². The van der Waals surface area contributed by atoms with Crippen LogP contribution in [-0.4, -0.2) is 24.7 Å². The van der Waals surface area contributed by atoms with Gasteiger partial charge in [0.05, 0.1) is 6.10 Å². The maximum atomic E-state index is 11.7. The van der Waals surface area contributed by atoms with E-state index >= 15 is 0 Å². The summed E-state index contributed by atoms with van der Waals surface area (Å²) in [4.78, 5) is 11.7. The summed E-state index contributed by atoms with van der Waals surface area (Å²) in [6.07, 6.45) is 4.19. The number of rotatable bonds is 5. The number of carbonyl (C=O) groups is 1. The van der Waals surface area contributed by atoms with Gasteiger partial charge >= 0.3 is 0 Å². The molecule has 2 atom stereocenters. The molecular weight excluding hydrogens is 240 g/mol. The number of nitrogens with two attached hydrogens (primary N) is 1. The molecule has 0 spiro atoms. The van der Waals surface area contributed by atoms with E-state index in [1.165, 1.54) is 0 Å². The summed E-state index contributed by atoms with van der Waals surface area (Å²) >= 11 is 0. The van der Waals surface area contributed by atoms with Crippen LogP contribution in [0.1, 0.15) is 31.2 Å². The standard InChI is InChI=1S/C15H22N2O2/c16-13-7-4-8-14(9-13)19-11-15(18)17-10-12-5-2-1-3-6-12/h1-3,5-6,13-14H,4,7-11,16H2,(H,17,18). The minimum Gasteiger partial charge on any atom is -0.368 e. The van der Waals surface area contributed by atoms with Crippen molar-refractivity contribution in [3.05, 3.63) is 35.9 Å². The first kappa shape index (κ1) is 14.0. The van der Waals surface area contributed by atoms with Gasteiger partial charge in [-0.15, -0.1) is 0 Å². The summed E-state index contributed by atoms with van der Waals surface area (Å²) in [5.74, 6) is -0.0667. The van der Waals surface area contributed by atoms with Crippen molar-refractivity contribution >= 4 is 5.91 Å². The van der Waals surface area contributed by atoms with Crippen molar-refractivity contribution in [3.63, 3.8) is 0 Å². The Balaban J connectivity index is 1.64. The molecule has 0 aromatic heterocycles. The Hall–Kier alpha value is -1.39. The van der Waals surface area contributed by atoms with Gasteiger partial charge < -0.3 is 15.8 Å². The van der Waals surface area contributed by atoms with Crippen LogP contribution in [0.2, 0.25) is 0 Å². The molecule has 4 nitrogen and oxygen atoms in total. The molecule has 0 aliphatic heterocycles. The van der Waals surface area contributed by atoms with Gasteiger partial charge in [0, 0.05) is 12.6 Å². The van der Waals surface area contributed by atoms with Gasteiger partial charge in [-0.3, -0.25) is 4.79 Å². The van der Waals surface area contributed by atoms with Crippen molar-refractivity contribution < 1.29 is 9.53 Å². The Kier molecular flexibility index (Phi) is 5.36. The van der Waals surface area contributed by atoms with Crippen LogP contribution in [0.5, 0.6) is 0 Å². The quantitative estimate of drug-likeness (QED) is 0.847. The first-order valence-electron chi connectivity index (χ1n) is 6.92. The van der Waals surface area contributed by atoms with Crippen LogP contribution in [-0.2, 0) is 16.1 Å². The molecule has 3 N–H and O–H groups in total. The van der Waals surface area contributed by atoms with Gasteiger partial charge in [0.25, 0.3) is 0 Å². The zero-order valence-corrected chi connectivity index (χ0v) is 11.2. The van der Waals surface area contributed by atoms with Crippen LogP contribution in [0.15, 0.2) is 30.3 Å². The molecule has 2 unspecified atom stereocenters. The summed E-state index contributed by atoms with van der Waals surface area (Å²) in [6, 6.07) is 10.1. The number of amides is 1. The lowest BCUT2D eigenvalue weighted by atomic mass is 9.94. The summed E-state index contributed by atoms with van der Waals surface area (Å²) in [7, 11) is 0. The molecule has 1 aliphatic carbocycles. The van der Waals surface area contributed by atoms with E-state index in [0.717, 1.165) is 31.2 Å². The summed E-state index contributed by atoms with van der Waals surface area (Å²) in [5, 5.41) is 2.85. The monoisotopic (exact) mass is 262 g/mol. The number of hydrogen-bond donors (Lipinski definition) is 2. The van der Waals surface area contributed by atoms with Crippen LogP contribution in [0, 0.1) is 0 Å².